The van der Waals surface area contributed by atoms with Crippen LogP contribution in [0.1, 0.15) is 177 Å². The first-order chi connectivity index (χ1) is 22.2. The molecule has 0 radical (unpaired) electrons. The Morgan fingerprint density at radius 2 is 0.483 bits per heavy atom. The first-order valence-corrected chi connectivity index (χ1v) is 23.1. The number of Topliss-reactive ketones (excluding diaryl/α,β-unsaturated/α-hetero) is 3. The number of hydrogen-bond acceptors (Lipinski definition) is 15. The van der Waals surface area contributed by atoms with Crippen LogP contribution in [0.25, 0.3) is 0 Å². The van der Waals surface area contributed by atoms with Gasteiger partial charge in [0, 0.05) is 77.4 Å². The van der Waals surface area contributed by atoms with Crippen molar-refractivity contribution in [2.75, 3.05) is 77.5 Å². The molecule has 0 atom stereocenters. The van der Waals surface area contributed by atoms with Crippen molar-refractivity contribution in [1.82, 2.24) is 0 Å². The maximum absolute atomic E-state index is 10.0. The number of methoxy groups -OCH3 is 3. The summed E-state index contributed by atoms with van der Waals surface area (Å²) < 4.78 is 71.7. The third kappa shape index (κ3) is 1160. The van der Waals surface area contributed by atoms with Gasteiger partial charge in [0.1, 0.15) is 46.9 Å². The minimum absolute atomic E-state index is 0. The minimum atomic E-state index is -2.67. The molecule has 0 aliphatic rings. The van der Waals surface area contributed by atoms with Crippen LogP contribution in [0.5, 0.6) is 0 Å². The van der Waals surface area contributed by atoms with E-state index in [1.807, 2.05) is 26.4 Å². The van der Waals surface area contributed by atoms with Gasteiger partial charge in [-0.25, -0.2) is 25.3 Å². The van der Waals surface area contributed by atoms with Gasteiger partial charge in [0.15, 0.2) is 0 Å². The fourth-order valence-electron chi connectivity index (χ4n) is 0. The van der Waals surface area contributed by atoms with E-state index in [4.69, 9.17) is 0 Å². The first kappa shape index (κ1) is 138. The molecule has 0 spiro atoms. The van der Waals surface area contributed by atoms with E-state index in [-0.39, 0.29) is 115 Å². The summed E-state index contributed by atoms with van der Waals surface area (Å²) in [7, 11) is -2.04. The number of thioether (sulfide) groups is 1. The Bertz CT molecular complexity index is 938. The number of carbonyl (C=O) groups is 5. The molecule has 0 aromatic rings. The van der Waals surface area contributed by atoms with Crippen molar-refractivity contribution in [2.45, 2.75) is 177 Å². The van der Waals surface area contributed by atoms with E-state index in [0.717, 1.165) is 12.5 Å². The molecule has 0 bridgehead atoms. The molecule has 0 fully saturated rings. The number of ether oxygens (including phenoxy) is 3. The highest BCUT2D eigenvalue weighted by atomic mass is 32.2. The standard InChI is InChI=1S/2C4H8O.2C3H8O2S.2C3H6O2.C3H6O.C3H8.C2H6O2S.C2H6O.C2H6S.10CH4/c2*1-3-4(2)5;2*1-3-6(2,4)5;2*1-3(4)5-2;1-3(2)4;1-3-2;1-5(2,3)4;2*1-3-2;;;;;;;;;;/h2*3H2,1-2H3;2*3H2,1-2H3;2*1-2H3;1-2H3;3H2,1-2H3;1-2H3;2*1-2H3;10*1H4. The Morgan fingerprint density at radius 1 is 0.433 bits per heavy atom. The highest BCUT2D eigenvalue weighted by Gasteiger charge is 1.91. The molecule has 392 valence electrons. The third-order valence-electron chi connectivity index (χ3n) is 2.62. The van der Waals surface area contributed by atoms with E-state index in [9.17, 15) is 49.2 Å². The van der Waals surface area contributed by atoms with Gasteiger partial charge < -0.3 is 28.6 Å². The topological polar surface area (TPSA) is 215 Å². The number of rotatable bonds is 4. The number of sulfone groups is 3. The molecule has 0 aliphatic carbocycles. The summed E-state index contributed by atoms with van der Waals surface area (Å²) in [4.78, 5) is 48.2. The lowest BCUT2D eigenvalue weighted by molar-refractivity contribution is -0.138. The summed E-state index contributed by atoms with van der Waals surface area (Å²) in [6.45, 7) is 20.1. The molecule has 0 amide bonds. The first-order valence-electron chi connectivity index (χ1n) is 15.0. The van der Waals surface area contributed by atoms with Gasteiger partial charge >= 0.3 is 11.9 Å². The van der Waals surface area contributed by atoms with Crippen molar-refractivity contribution in [2.24, 2.45) is 0 Å². The molecule has 0 unspecified atom stereocenters. The lowest BCUT2D eigenvalue weighted by atomic mass is 10.4. The van der Waals surface area contributed by atoms with Crippen LogP contribution in [-0.2, 0) is 67.7 Å². The van der Waals surface area contributed by atoms with E-state index >= 15 is 0 Å². The Kier molecular flexibility index (Phi) is 256. The number of ketones is 3. The summed E-state index contributed by atoms with van der Waals surface area (Å²) in [5.41, 5.74) is 0. The van der Waals surface area contributed by atoms with Gasteiger partial charge in [-0.2, -0.15) is 11.8 Å². The van der Waals surface area contributed by atoms with Crippen LogP contribution in [-0.4, -0.2) is 132 Å². The van der Waals surface area contributed by atoms with E-state index in [1.54, 1.807) is 53.7 Å². The Hall–Kier alpha value is -1.89. The van der Waals surface area contributed by atoms with Crippen LogP contribution in [0, 0.1) is 0 Å². The number of esters is 2. The molecular formula is C42H116O14S4. The van der Waals surface area contributed by atoms with E-state index in [2.05, 4.69) is 28.1 Å². The summed E-state index contributed by atoms with van der Waals surface area (Å²) in [5.74, 6) is 0.671. The van der Waals surface area contributed by atoms with Gasteiger partial charge in [0.05, 0.1) is 14.2 Å². The molecule has 0 N–H and O–H groups in total. The second-order valence-electron chi connectivity index (χ2n) is 9.51. The summed E-state index contributed by atoms with van der Waals surface area (Å²) in [5, 5.41) is 0. The zero-order valence-corrected chi connectivity index (χ0v) is 38.6. The smallest absolute Gasteiger partial charge is 0.302 e. The average Bonchev–Trinajstić information content (AvgIpc) is 2.94. The van der Waals surface area contributed by atoms with Crippen LogP contribution in [0.4, 0.5) is 0 Å². The average molecular weight is 974 g/mol. The molecule has 0 rings (SSSR count). The molecule has 0 aromatic heterocycles. The van der Waals surface area contributed by atoms with Crippen LogP contribution >= 0.6 is 11.8 Å². The Balaban J connectivity index is -0.0000000145. The largest absolute Gasteiger partial charge is 0.469 e. The predicted octanol–water partition coefficient (Wildman–Crippen LogP) is 11.7. The zero-order valence-electron chi connectivity index (χ0n) is 35.4. The van der Waals surface area contributed by atoms with Crippen molar-refractivity contribution < 1.29 is 63.4 Å². The molecular weight excluding hydrogens is 857 g/mol. The van der Waals surface area contributed by atoms with Gasteiger partial charge in [0.25, 0.3) is 0 Å². The molecule has 0 saturated carbocycles. The molecule has 0 aromatic carbocycles. The Labute approximate surface area is 386 Å². The van der Waals surface area contributed by atoms with Gasteiger partial charge in [-0.15, -0.1) is 0 Å². The molecule has 0 aliphatic heterocycles. The second-order valence-corrected chi connectivity index (χ2v) is 17.5. The van der Waals surface area contributed by atoms with Crippen LogP contribution in [0.3, 0.4) is 0 Å². The van der Waals surface area contributed by atoms with Crippen molar-refractivity contribution in [3.05, 3.63) is 0 Å². The van der Waals surface area contributed by atoms with Gasteiger partial charge in [0.2, 0.25) is 0 Å². The third-order valence-corrected chi connectivity index (χ3v) is 4.72. The highest BCUT2D eigenvalue weighted by molar-refractivity contribution is 7.97. The fraction of sp³-hybridized carbons (Fsp3) is 0.881. The molecule has 60 heavy (non-hydrogen) atoms. The summed E-state index contributed by atoms with van der Waals surface area (Å²) in [6.07, 6.45) is 11.4. The second kappa shape index (κ2) is 112. The summed E-state index contributed by atoms with van der Waals surface area (Å²) in [6, 6.07) is 0. The minimum Gasteiger partial charge on any atom is -0.469 e. The quantitative estimate of drug-likeness (QED) is 0.239. The van der Waals surface area contributed by atoms with Gasteiger partial charge in [-0.05, 0) is 40.2 Å². The highest BCUT2D eigenvalue weighted by Crippen LogP contribution is 1.76. The van der Waals surface area contributed by atoms with E-state index in [0.29, 0.717) is 12.8 Å². The maximum atomic E-state index is 10.0. The lowest BCUT2D eigenvalue weighted by Crippen LogP contribution is -1.96. The monoisotopic (exact) mass is 973 g/mol. The van der Waals surface area contributed by atoms with Crippen molar-refractivity contribution in [1.29, 1.82) is 0 Å². The molecule has 14 nitrogen and oxygen atoms in total. The maximum Gasteiger partial charge on any atom is 0.302 e. The van der Waals surface area contributed by atoms with E-state index in [1.165, 1.54) is 60.8 Å². The zero-order chi connectivity index (χ0) is 43.8. The molecule has 18 heteroatoms. The van der Waals surface area contributed by atoms with Crippen molar-refractivity contribution >= 4 is 70.6 Å². The van der Waals surface area contributed by atoms with Crippen molar-refractivity contribution in [3.8, 4) is 0 Å². The molecule has 0 heterocycles. The van der Waals surface area contributed by atoms with Crippen LogP contribution in [0.15, 0.2) is 0 Å². The van der Waals surface area contributed by atoms with Gasteiger partial charge in [-0.3, -0.25) is 9.59 Å². The Morgan fingerprint density at radius 3 is 0.483 bits per heavy atom. The number of hydrogen-bond donors (Lipinski definition) is 0. The fourth-order valence-corrected chi connectivity index (χ4v) is 0. The predicted molar refractivity (Wildman–Crippen MR) is 281 cm³/mol. The normalized spacial score (nSPS) is 7.03. The summed E-state index contributed by atoms with van der Waals surface area (Å²) >= 11 is 1.75. The van der Waals surface area contributed by atoms with Crippen LogP contribution in [0.2, 0.25) is 0 Å². The number of carbonyl (C=O) groups excluding carboxylic acids is 5. The SMILES string of the molecule is C.C.C.C.C.C.C.C.C.C.CC(C)=O.CCC.CCC(C)=O.CCC(C)=O.CCS(C)(=O)=O.CCS(C)(=O)=O.COC.COC(C)=O.COC(C)=O.CS(C)(=O)=O.CSC. The van der Waals surface area contributed by atoms with Crippen LogP contribution < -0.4 is 0 Å². The van der Waals surface area contributed by atoms with Gasteiger partial charge in [-0.1, -0.05) is 122 Å². The van der Waals surface area contributed by atoms with E-state index < -0.39 is 29.5 Å². The van der Waals surface area contributed by atoms with Crippen molar-refractivity contribution in [3.63, 3.8) is 0 Å². The lowest BCUT2D eigenvalue weighted by Gasteiger charge is -1.81. The molecule has 0 saturated heterocycles.